The smallest absolute Gasteiger partial charge is 0.00442 e. The Hall–Kier alpha value is 0.700. The molecule has 0 aliphatic heterocycles. The summed E-state index contributed by atoms with van der Waals surface area (Å²) in [4.78, 5) is 0. The van der Waals surface area contributed by atoms with E-state index in [1.54, 1.807) is 0 Å². The van der Waals surface area contributed by atoms with Gasteiger partial charge in [0.2, 0.25) is 0 Å². The summed E-state index contributed by atoms with van der Waals surface area (Å²) in [7, 11) is 0. The minimum atomic E-state index is 0.892. The van der Waals surface area contributed by atoms with E-state index in [0.717, 1.165) is 11.7 Å². The van der Waals surface area contributed by atoms with Crippen LogP contribution in [-0.2, 0) is 0 Å². The summed E-state index contributed by atoms with van der Waals surface area (Å²) in [5, 5.41) is 0.892. The zero-order valence-electron chi connectivity index (χ0n) is 10.5. The van der Waals surface area contributed by atoms with Crippen LogP contribution in [0.15, 0.2) is 0 Å². The quantitative estimate of drug-likeness (QED) is 0.469. The molecule has 0 spiro atoms. The minimum Gasteiger partial charge on any atom is -0.162 e. The highest BCUT2D eigenvalue weighted by molar-refractivity contribution is 7.99. The van der Waals surface area contributed by atoms with Crippen LogP contribution in [0.4, 0.5) is 0 Å². The minimum absolute atomic E-state index is 0.892. The number of hydrogen-bond acceptors (Lipinski definition) is 2. The van der Waals surface area contributed by atoms with Gasteiger partial charge in [0.1, 0.15) is 0 Å². The Balaban J connectivity index is 3.22. The van der Waals surface area contributed by atoms with Gasteiger partial charge in [-0.25, -0.2) is 0 Å². The first kappa shape index (κ1) is 15.7. The molecule has 1 radical (unpaired) electrons. The maximum atomic E-state index is 3.91. The zero-order valence-corrected chi connectivity index (χ0v) is 12.1. The van der Waals surface area contributed by atoms with Gasteiger partial charge in [-0.3, -0.25) is 0 Å². The monoisotopic (exact) mass is 247 g/mol. The number of unbranched alkanes of at least 4 members (excludes halogenated alkanes) is 2. The Morgan fingerprint density at radius 1 is 1.07 bits per heavy atom. The fraction of sp³-hybridized carbons (Fsp3) is 0.923. The van der Waals surface area contributed by atoms with Crippen LogP contribution < -0.4 is 0 Å². The average molecular weight is 247 g/mol. The van der Waals surface area contributed by atoms with Gasteiger partial charge in [0.25, 0.3) is 0 Å². The summed E-state index contributed by atoms with van der Waals surface area (Å²) in [5.74, 6) is 2.71. The van der Waals surface area contributed by atoms with Crippen molar-refractivity contribution >= 4 is 23.5 Å². The van der Waals surface area contributed by atoms with Crippen LogP contribution in [0.5, 0.6) is 0 Å². The van der Waals surface area contributed by atoms with E-state index >= 15 is 0 Å². The van der Waals surface area contributed by atoms with Crippen LogP contribution in [0, 0.1) is 6.92 Å². The van der Waals surface area contributed by atoms with Crippen LogP contribution in [0.3, 0.4) is 0 Å². The van der Waals surface area contributed by atoms with E-state index in [2.05, 4.69) is 31.9 Å². The predicted octanol–water partition coefficient (Wildman–Crippen LogP) is 5.04. The van der Waals surface area contributed by atoms with Crippen LogP contribution in [-0.4, -0.2) is 23.0 Å². The molecule has 0 N–H and O–H groups in total. The number of thioether (sulfide) groups is 2. The predicted molar refractivity (Wildman–Crippen MR) is 78.0 cm³/mol. The standard InChI is InChI=1S/C13H27S2/c1-4-6-9-13(14-3)10-7-8-12-15-11-5-2/h13H,1,4-12H2,2-3H3. The lowest BCUT2D eigenvalue weighted by atomic mass is 10.1. The third kappa shape index (κ3) is 11.0. The van der Waals surface area contributed by atoms with Gasteiger partial charge in [0, 0.05) is 5.25 Å². The van der Waals surface area contributed by atoms with Crippen molar-refractivity contribution < 1.29 is 0 Å². The van der Waals surface area contributed by atoms with E-state index in [1.165, 1.54) is 50.0 Å². The second-order valence-electron chi connectivity index (χ2n) is 3.96. The SMILES string of the molecule is [CH2]CCCC(CCCCSCCC)SC. The molecule has 15 heavy (non-hydrogen) atoms. The first-order valence-electron chi connectivity index (χ1n) is 6.24. The molecule has 0 bridgehead atoms. The average Bonchev–Trinajstić information content (AvgIpc) is 2.27. The maximum Gasteiger partial charge on any atom is 0.00442 e. The van der Waals surface area contributed by atoms with E-state index in [1.807, 2.05) is 11.8 Å². The van der Waals surface area contributed by atoms with Crippen molar-refractivity contribution in [1.29, 1.82) is 0 Å². The molecule has 2 heteroatoms. The number of rotatable bonds is 11. The van der Waals surface area contributed by atoms with Crippen molar-refractivity contribution in [3.05, 3.63) is 6.92 Å². The first-order valence-corrected chi connectivity index (χ1v) is 8.69. The van der Waals surface area contributed by atoms with Gasteiger partial charge < -0.3 is 0 Å². The lowest BCUT2D eigenvalue weighted by molar-refractivity contribution is 0.627. The van der Waals surface area contributed by atoms with Crippen molar-refractivity contribution in [1.82, 2.24) is 0 Å². The molecule has 1 unspecified atom stereocenters. The Bertz CT molecular complexity index is 115. The van der Waals surface area contributed by atoms with Crippen LogP contribution in [0.25, 0.3) is 0 Å². The summed E-state index contributed by atoms with van der Waals surface area (Å²) in [6.07, 6.45) is 11.6. The Morgan fingerprint density at radius 3 is 2.40 bits per heavy atom. The molecule has 91 valence electrons. The Morgan fingerprint density at radius 2 is 1.80 bits per heavy atom. The highest BCUT2D eigenvalue weighted by Crippen LogP contribution is 2.21. The summed E-state index contributed by atoms with van der Waals surface area (Å²) >= 11 is 4.16. The second kappa shape index (κ2) is 12.8. The van der Waals surface area contributed by atoms with Crippen molar-refractivity contribution in [2.45, 2.75) is 57.1 Å². The molecule has 0 aliphatic rings. The lowest BCUT2D eigenvalue weighted by Gasteiger charge is -2.13. The molecule has 0 heterocycles. The molecular weight excluding hydrogens is 220 g/mol. The third-order valence-corrected chi connectivity index (χ3v) is 4.94. The number of hydrogen-bond donors (Lipinski definition) is 0. The van der Waals surface area contributed by atoms with Crippen molar-refractivity contribution in [3.8, 4) is 0 Å². The van der Waals surface area contributed by atoms with Crippen molar-refractivity contribution in [2.24, 2.45) is 0 Å². The third-order valence-electron chi connectivity index (χ3n) is 2.52. The fourth-order valence-corrected chi connectivity index (χ4v) is 3.28. The van der Waals surface area contributed by atoms with E-state index in [4.69, 9.17) is 0 Å². The highest BCUT2D eigenvalue weighted by Gasteiger charge is 2.05. The van der Waals surface area contributed by atoms with Crippen LogP contribution in [0.2, 0.25) is 0 Å². The fourth-order valence-electron chi connectivity index (χ4n) is 1.57. The summed E-state index contributed by atoms with van der Waals surface area (Å²) in [5.41, 5.74) is 0. The summed E-state index contributed by atoms with van der Waals surface area (Å²) in [6.45, 7) is 6.17. The molecule has 0 aromatic heterocycles. The molecule has 0 aromatic carbocycles. The summed E-state index contributed by atoms with van der Waals surface area (Å²) < 4.78 is 0. The van der Waals surface area contributed by atoms with E-state index < -0.39 is 0 Å². The van der Waals surface area contributed by atoms with Gasteiger partial charge >= 0.3 is 0 Å². The molecular formula is C13H27S2. The molecule has 0 aliphatic carbocycles. The van der Waals surface area contributed by atoms with Crippen molar-refractivity contribution in [3.63, 3.8) is 0 Å². The molecule has 0 fully saturated rings. The van der Waals surface area contributed by atoms with Gasteiger partial charge in [-0.1, -0.05) is 33.1 Å². The first-order chi connectivity index (χ1) is 7.35. The Kier molecular flexibility index (Phi) is 13.4. The van der Waals surface area contributed by atoms with Gasteiger partial charge in [0.15, 0.2) is 0 Å². The van der Waals surface area contributed by atoms with Crippen molar-refractivity contribution in [2.75, 3.05) is 17.8 Å². The van der Waals surface area contributed by atoms with Gasteiger partial charge in [-0.05, 0) is 43.4 Å². The molecule has 0 rings (SSSR count). The van der Waals surface area contributed by atoms with E-state index in [0.29, 0.717) is 0 Å². The maximum absolute atomic E-state index is 3.91. The second-order valence-corrected chi connectivity index (χ2v) is 6.32. The molecule has 0 saturated carbocycles. The van der Waals surface area contributed by atoms with Gasteiger partial charge in [-0.2, -0.15) is 23.5 Å². The molecule has 0 aromatic rings. The van der Waals surface area contributed by atoms with Crippen LogP contribution in [0.1, 0.15) is 51.9 Å². The Labute approximate surface area is 105 Å². The van der Waals surface area contributed by atoms with Crippen LogP contribution >= 0.6 is 23.5 Å². The molecule has 0 amide bonds. The van der Waals surface area contributed by atoms with E-state index in [-0.39, 0.29) is 0 Å². The normalized spacial score (nSPS) is 13.0. The largest absolute Gasteiger partial charge is 0.162 e. The zero-order chi connectivity index (χ0) is 11.4. The topological polar surface area (TPSA) is 0 Å². The highest BCUT2D eigenvalue weighted by atomic mass is 32.2. The lowest BCUT2D eigenvalue weighted by Crippen LogP contribution is -2.02. The summed E-state index contributed by atoms with van der Waals surface area (Å²) in [6, 6.07) is 0. The molecule has 1 atom stereocenters. The van der Waals surface area contributed by atoms with Gasteiger partial charge in [0.05, 0.1) is 0 Å². The molecule has 0 nitrogen and oxygen atoms in total. The van der Waals surface area contributed by atoms with Gasteiger partial charge in [-0.15, -0.1) is 0 Å². The molecule has 0 saturated heterocycles. The van der Waals surface area contributed by atoms with E-state index in [9.17, 15) is 0 Å².